The van der Waals surface area contributed by atoms with E-state index in [0.717, 1.165) is 26.8 Å². The maximum atomic E-state index is 12.4. The van der Waals surface area contributed by atoms with E-state index in [1.54, 1.807) is 0 Å². The number of hydrogen-bond acceptors (Lipinski definition) is 4. The third-order valence-corrected chi connectivity index (χ3v) is 4.47. The van der Waals surface area contributed by atoms with Gasteiger partial charge in [0.05, 0.1) is 10.9 Å². The molecule has 3 aromatic rings. The van der Waals surface area contributed by atoms with E-state index in [2.05, 4.69) is 25.9 Å². The highest BCUT2D eigenvalue weighted by atomic mass is 79.9. The lowest BCUT2D eigenvalue weighted by molar-refractivity contribution is 0.0918. The van der Waals surface area contributed by atoms with Gasteiger partial charge in [0, 0.05) is 28.5 Å². The molecule has 23 heavy (non-hydrogen) atoms. The molecule has 5 nitrogen and oxygen atoms in total. The molecule has 0 aliphatic rings. The van der Waals surface area contributed by atoms with Gasteiger partial charge in [-0.1, -0.05) is 15.9 Å². The number of Topliss-reactive ketones (excluding diaryl/α,β-unsaturated/α-hetero) is 1. The summed E-state index contributed by atoms with van der Waals surface area (Å²) in [7, 11) is 1.94. The van der Waals surface area contributed by atoms with E-state index < -0.39 is 0 Å². The van der Waals surface area contributed by atoms with Crippen molar-refractivity contribution in [1.82, 2.24) is 14.5 Å². The summed E-state index contributed by atoms with van der Waals surface area (Å²) in [6.45, 7) is 3.85. The number of benzene rings is 1. The molecule has 6 heteroatoms. The molecule has 0 spiro atoms. The second kappa shape index (κ2) is 6.12. The molecule has 0 bridgehead atoms. The Hall–Kier alpha value is -2.21. The lowest BCUT2D eigenvalue weighted by Gasteiger charge is -2.07. The Labute approximate surface area is 142 Å². The van der Waals surface area contributed by atoms with Crippen LogP contribution in [0.1, 0.15) is 21.7 Å². The highest BCUT2D eigenvalue weighted by Gasteiger charge is 2.15. The number of carbonyl (C=O) groups is 1. The van der Waals surface area contributed by atoms with Gasteiger partial charge in [0.1, 0.15) is 6.33 Å². The zero-order valence-corrected chi connectivity index (χ0v) is 14.7. The van der Waals surface area contributed by atoms with E-state index in [-0.39, 0.29) is 12.4 Å². The van der Waals surface area contributed by atoms with E-state index in [4.69, 9.17) is 4.74 Å². The summed E-state index contributed by atoms with van der Waals surface area (Å²) < 4.78 is 8.56. The molecule has 0 radical (unpaired) electrons. The van der Waals surface area contributed by atoms with Crippen molar-refractivity contribution in [2.45, 2.75) is 13.8 Å². The first-order chi connectivity index (χ1) is 11.0. The molecule has 0 atom stereocenters. The summed E-state index contributed by atoms with van der Waals surface area (Å²) in [5.41, 5.74) is 3.44. The molecule has 0 aliphatic heterocycles. The van der Waals surface area contributed by atoms with Crippen molar-refractivity contribution in [1.29, 1.82) is 0 Å². The average molecular weight is 374 g/mol. The third-order valence-electron chi connectivity index (χ3n) is 3.98. The average Bonchev–Trinajstić information content (AvgIpc) is 2.80. The number of aromatic nitrogens is 3. The van der Waals surface area contributed by atoms with Crippen LogP contribution in [0.2, 0.25) is 0 Å². The fourth-order valence-corrected chi connectivity index (χ4v) is 2.83. The second-order valence-electron chi connectivity index (χ2n) is 5.40. The molecule has 2 heterocycles. The molecule has 1 aromatic carbocycles. The first-order valence-electron chi connectivity index (χ1n) is 7.16. The van der Waals surface area contributed by atoms with Crippen LogP contribution in [-0.2, 0) is 7.05 Å². The lowest BCUT2D eigenvalue weighted by Crippen LogP contribution is -2.13. The maximum absolute atomic E-state index is 12.4. The number of carbonyl (C=O) groups excluding carboxylic acids is 1. The van der Waals surface area contributed by atoms with Gasteiger partial charge in [-0.05, 0) is 38.1 Å². The highest BCUT2D eigenvalue weighted by Crippen LogP contribution is 2.25. The van der Waals surface area contributed by atoms with Gasteiger partial charge in [0.15, 0.2) is 6.61 Å². The van der Waals surface area contributed by atoms with Crippen molar-refractivity contribution in [2.24, 2.45) is 7.05 Å². The van der Waals surface area contributed by atoms with Crippen molar-refractivity contribution in [3.63, 3.8) is 0 Å². The van der Waals surface area contributed by atoms with Gasteiger partial charge < -0.3 is 9.30 Å². The Bertz CT molecular complexity index is 902. The molecule has 3 rings (SSSR count). The molecule has 0 saturated heterocycles. The van der Waals surface area contributed by atoms with E-state index in [1.807, 2.05) is 49.7 Å². The molecule has 0 amide bonds. The van der Waals surface area contributed by atoms with Gasteiger partial charge in [-0.3, -0.25) is 4.79 Å². The fourth-order valence-electron chi connectivity index (χ4n) is 2.47. The Morgan fingerprint density at radius 3 is 2.74 bits per heavy atom. The van der Waals surface area contributed by atoms with E-state index in [1.165, 1.54) is 6.33 Å². The van der Waals surface area contributed by atoms with Crippen molar-refractivity contribution in [3.05, 3.63) is 52.0 Å². The molecule has 0 saturated carbocycles. The van der Waals surface area contributed by atoms with Crippen molar-refractivity contribution < 1.29 is 9.53 Å². The summed E-state index contributed by atoms with van der Waals surface area (Å²) in [6, 6.07) is 7.55. The van der Waals surface area contributed by atoms with Crippen molar-refractivity contribution in [2.75, 3.05) is 6.61 Å². The minimum absolute atomic E-state index is 0.0527. The standard InChI is InChI=1S/C17H16BrN3O2/c1-10-6-13(11(2)21(10)3)16(22)8-23-17-14-7-12(18)4-5-15(14)19-9-20-17/h4-7,9H,8H2,1-3H3. The van der Waals surface area contributed by atoms with Crippen LogP contribution >= 0.6 is 15.9 Å². The quantitative estimate of drug-likeness (QED) is 0.655. The molecule has 0 aliphatic carbocycles. The second-order valence-corrected chi connectivity index (χ2v) is 6.31. The summed E-state index contributed by atoms with van der Waals surface area (Å²) in [5, 5.41) is 0.774. The van der Waals surface area contributed by atoms with E-state index in [9.17, 15) is 4.79 Å². The number of fused-ring (bicyclic) bond motifs is 1. The number of ketones is 1. The largest absolute Gasteiger partial charge is 0.469 e. The number of ether oxygens (including phenoxy) is 1. The predicted octanol–water partition coefficient (Wildman–Crippen LogP) is 3.61. The van der Waals surface area contributed by atoms with Crippen LogP contribution < -0.4 is 4.74 Å². The van der Waals surface area contributed by atoms with Crippen LogP contribution in [0.25, 0.3) is 10.9 Å². The topological polar surface area (TPSA) is 57.0 Å². The minimum atomic E-state index is -0.0621. The molecule has 0 fully saturated rings. The van der Waals surface area contributed by atoms with Crippen LogP contribution in [0.4, 0.5) is 0 Å². The van der Waals surface area contributed by atoms with Crippen LogP contribution in [0.15, 0.2) is 35.1 Å². The number of halogens is 1. The smallest absolute Gasteiger partial charge is 0.224 e. The normalized spacial score (nSPS) is 11.0. The third kappa shape index (κ3) is 2.99. The number of aryl methyl sites for hydroxylation is 1. The zero-order chi connectivity index (χ0) is 16.6. The first-order valence-corrected chi connectivity index (χ1v) is 7.96. The Morgan fingerprint density at radius 1 is 1.26 bits per heavy atom. The molecule has 0 unspecified atom stereocenters. The summed E-state index contributed by atoms with van der Waals surface area (Å²) in [4.78, 5) is 20.8. The van der Waals surface area contributed by atoms with E-state index in [0.29, 0.717) is 11.4 Å². The summed E-state index contributed by atoms with van der Waals surface area (Å²) >= 11 is 3.42. The van der Waals surface area contributed by atoms with Crippen LogP contribution in [0.3, 0.4) is 0 Å². The van der Waals surface area contributed by atoms with Gasteiger partial charge >= 0.3 is 0 Å². The first kappa shape index (κ1) is 15.7. The minimum Gasteiger partial charge on any atom is -0.469 e. The van der Waals surface area contributed by atoms with E-state index >= 15 is 0 Å². The van der Waals surface area contributed by atoms with Gasteiger partial charge in [-0.2, -0.15) is 0 Å². The van der Waals surface area contributed by atoms with Crippen molar-refractivity contribution >= 4 is 32.6 Å². The number of nitrogens with zero attached hydrogens (tertiary/aromatic N) is 3. The maximum Gasteiger partial charge on any atom is 0.224 e. The molecule has 0 N–H and O–H groups in total. The van der Waals surface area contributed by atoms with Crippen LogP contribution in [0, 0.1) is 13.8 Å². The van der Waals surface area contributed by atoms with Crippen LogP contribution in [-0.4, -0.2) is 26.9 Å². The zero-order valence-electron chi connectivity index (χ0n) is 13.1. The molecular formula is C17H16BrN3O2. The summed E-state index contributed by atoms with van der Waals surface area (Å²) in [5.74, 6) is 0.350. The van der Waals surface area contributed by atoms with Gasteiger partial charge in [0.2, 0.25) is 11.7 Å². The van der Waals surface area contributed by atoms with Gasteiger partial charge in [-0.15, -0.1) is 0 Å². The Balaban J connectivity index is 1.84. The summed E-state index contributed by atoms with van der Waals surface area (Å²) in [6.07, 6.45) is 1.44. The lowest BCUT2D eigenvalue weighted by atomic mass is 10.1. The van der Waals surface area contributed by atoms with Gasteiger partial charge in [0.25, 0.3) is 0 Å². The van der Waals surface area contributed by atoms with Gasteiger partial charge in [-0.25, -0.2) is 9.97 Å². The SMILES string of the molecule is Cc1cc(C(=O)COc2ncnc3ccc(Br)cc23)c(C)n1C. The molecule has 118 valence electrons. The predicted molar refractivity (Wildman–Crippen MR) is 92.0 cm³/mol. The highest BCUT2D eigenvalue weighted by molar-refractivity contribution is 9.10. The van der Waals surface area contributed by atoms with Crippen LogP contribution in [0.5, 0.6) is 5.88 Å². The molecular weight excluding hydrogens is 358 g/mol. The Kier molecular flexibility index (Phi) is 4.17. The fraction of sp³-hybridized carbons (Fsp3) is 0.235. The molecule has 2 aromatic heterocycles. The van der Waals surface area contributed by atoms with Crippen molar-refractivity contribution in [3.8, 4) is 5.88 Å². The Morgan fingerprint density at radius 2 is 2.04 bits per heavy atom. The number of rotatable bonds is 4. The number of hydrogen-bond donors (Lipinski definition) is 0. The monoisotopic (exact) mass is 373 g/mol.